The minimum Gasteiger partial charge on any atom is -0.490 e. The molecule has 0 radical (unpaired) electrons. The summed E-state index contributed by atoms with van der Waals surface area (Å²) in [7, 11) is 0. The molecule has 0 aliphatic heterocycles. The van der Waals surface area contributed by atoms with Crippen LogP contribution < -0.4 is 15.4 Å². The first-order valence-corrected chi connectivity index (χ1v) is 12.5. The van der Waals surface area contributed by atoms with Gasteiger partial charge in [-0.05, 0) is 74.8 Å². The number of nitrogens with one attached hydrogen (secondary N) is 2. The van der Waals surface area contributed by atoms with Crippen LogP contribution in [0.25, 0.3) is 0 Å². The Morgan fingerprint density at radius 2 is 1.61 bits per heavy atom. The monoisotopic (exact) mass is 490 g/mol. The first-order valence-electron chi connectivity index (χ1n) is 11.3. The topological polar surface area (TPSA) is 105 Å². The predicted molar refractivity (Wildman–Crippen MR) is 126 cm³/mol. The second kappa shape index (κ2) is 10.6. The molecule has 176 valence electrons. The third kappa shape index (κ3) is 6.26. The molecule has 2 aliphatic carbocycles. The highest BCUT2D eigenvalue weighted by Gasteiger charge is 2.29. The first kappa shape index (κ1) is 23.6. The van der Waals surface area contributed by atoms with Crippen molar-refractivity contribution in [3.8, 4) is 5.75 Å². The van der Waals surface area contributed by atoms with Crippen LogP contribution in [0.2, 0.25) is 5.02 Å². The van der Waals surface area contributed by atoms with Gasteiger partial charge in [0.2, 0.25) is 0 Å². The Morgan fingerprint density at radius 3 is 2.21 bits per heavy atom. The smallest absolute Gasteiger partial charge is 0.306 e. The van der Waals surface area contributed by atoms with Crippen LogP contribution in [0, 0.1) is 5.92 Å². The maximum atomic E-state index is 12.4. The van der Waals surface area contributed by atoms with Gasteiger partial charge in [0.15, 0.2) is 0 Å². The lowest BCUT2D eigenvalue weighted by Crippen LogP contribution is -2.34. The molecule has 2 saturated carbocycles. The van der Waals surface area contributed by atoms with Crippen molar-refractivity contribution in [3.05, 3.63) is 50.7 Å². The van der Waals surface area contributed by atoms with Crippen LogP contribution in [0.4, 0.5) is 0 Å². The number of carboxylic acids is 1. The number of halogens is 1. The summed E-state index contributed by atoms with van der Waals surface area (Å²) in [5.41, 5.74) is 0.502. The van der Waals surface area contributed by atoms with Crippen molar-refractivity contribution in [1.29, 1.82) is 0 Å². The normalized spacial score (nSPS) is 20.2. The third-order valence-corrected chi connectivity index (χ3v) is 7.74. The number of carbonyl (C=O) groups is 3. The fraction of sp³-hybridized carbons (Fsp3) is 0.458. The molecule has 1 heterocycles. The largest absolute Gasteiger partial charge is 0.490 e. The van der Waals surface area contributed by atoms with Crippen LogP contribution in [0.15, 0.2) is 30.3 Å². The molecule has 9 heteroatoms. The second-order valence-corrected chi connectivity index (χ2v) is 10.1. The highest BCUT2D eigenvalue weighted by molar-refractivity contribution is 7.14. The summed E-state index contributed by atoms with van der Waals surface area (Å²) in [6, 6.07) is 8.60. The van der Waals surface area contributed by atoms with Gasteiger partial charge in [-0.3, -0.25) is 14.4 Å². The lowest BCUT2D eigenvalue weighted by atomic mass is 9.87. The second-order valence-electron chi connectivity index (χ2n) is 8.56. The Kier molecular flexibility index (Phi) is 7.55. The van der Waals surface area contributed by atoms with Crippen LogP contribution in [0.1, 0.15) is 69.3 Å². The van der Waals surface area contributed by atoms with Gasteiger partial charge >= 0.3 is 5.97 Å². The molecule has 0 bridgehead atoms. The Bertz CT molecular complexity index is 1010. The number of carbonyl (C=O) groups excluding carboxylic acids is 2. The number of carboxylic acid groups (broad SMARTS) is 1. The molecule has 7 nitrogen and oxygen atoms in total. The van der Waals surface area contributed by atoms with Gasteiger partial charge in [-0.25, -0.2) is 0 Å². The summed E-state index contributed by atoms with van der Waals surface area (Å²) < 4.78 is 5.93. The number of ether oxygens (including phenoxy) is 1. The molecule has 2 aliphatic rings. The Hall–Kier alpha value is -2.58. The maximum Gasteiger partial charge on any atom is 0.306 e. The number of amides is 2. The molecular weight excluding hydrogens is 464 g/mol. The average molecular weight is 491 g/mol. The van der Waals surface area contributed by atoms with Gasteiger partial charge in [0.1, 0.15) is 5.75 Å². The first-order chi connectivity index (χ1) is 15.9. The summed E-state index contributed by atoms with van der Waals surface area (Å²) in [6.07, 6.45) is 4.94. The molecule has 33 heavy (non-hydrogen) atoms. The Morgan fingerprint density at radius 1 is 0.970 bits per heavy atom. The molecule has 1 aromatic carbocycles. The maximum absolute atomic E-state index is 12.4. The standard InChI is InChI=1S/C24H27ClN2O5S/c25-19-13-20(33-21(19)14-1-2-14)23(29)27-12-11-26-22(28)15-3-7-17(8-4-15)32-18-9-5-16(6-10-18)24(30)31/h3-4,7-8,13-14,16,18H,1-2,5-6,9-12H2,(H,26,28)(H,27,29)(H,30,31)/t16-,18+. The SMILES string of the molecule is O=C(NCCNC(=O)c1cc(Cl)c(C2CC2)s1)c1ccc(O[C@H]2CC[C@@H](C(=O)O)CC2)cc1. The van der Waals surface area contributed by atoms with E-state index in [4.69, 9.17) is 21.4 Å². The number of benzene rings is 1. The zero-order chi connectivity index (χ0) is 23.4. The predicted octanol–water partition coefficient (Wildman–Crippen LogP) is 4.46. The van der Waals surface area contributed by atoms with Crippen LogP contribution in [-0.2, 0) is 4.79 Å². The molecule has 3 N–H and O–H groups in total. The van der Waals surface area contributed by atoms with E-state index >= 15 is 0 Å². The minimum absolute atomic E-state index is 0.00229. The molecule has 0 unspecified atom stereocenters. The van der Waals surface area contributed by atoms with Gasteiger partial charge in [0.05, 0.1) is 21.9 Å². The summed E-state index contributed by atoms with van der Waals surface area (Å²) in [5, 5.41) is 15.4. The summed E-state index contributed by atoms with van der Waals surface area (Å²) in [5.74, 6) is -0.245. The Labute approximate surface area is 201 Å². The summed E-state index contributed by atoms with van der Waals surface area (Å²) >= 11 is 7.67. The van der Waals surface area contributed by atoms with Gasteiger partial charge in [-0.1, -0.05) is 11.6 Å². The highest BCUT2D eigenvalue weighted by atomic mass is 35.5. The fourth-order valence-corrected chi connectivity index (χ4v) is 5.55. The van der Waals surface area contributed by atoms with Gasteiger partial charge in [-0.15, -0.1) is 11.3 Å². The van der Waals surface area contributed by atoms with Crippen molar-refractivity contribution >= 4 is 40.7 Å². The van der Waals surface area contributed by atoms with Crippen molar-refractivity contribution in [2.75, 3.05) is 13.1 Å². The average Bonchev–Trinajstić information content (AvgIpc) is 3.58. The number of hydrogen-bond acceptors (Lipinski definition) is 5. The van der Waals surface area contributed by atoms with E-state index in [2.05, 4.69) is 10.6 Å². The van der Waals surface area contributed by atoms with Crippen molar-refractivity contribution in [1.82, 2.24) is 10.6 Å². The van der Waals surface area contributed by atoms with E-state index in [1.165, 1.54) is 11.3 Å². The van der Waals surface area contributed by atoms with Crippen LogP contribution in [-0.4, -0.2) is 42.1 Å². The van der Waals surface area contributed by atoms with Crippen molar-refractivity contribution < 1.29 is 24.2 Å². The molecule has 0 atom stereocenters. The van der Waals surface area contributed by atoms with E-state index in [1.54, 1.807) is 30.3 Å². The number of rotatable bonds is 9. The van der Waals surface area contributed by atoms with E-state index in [1.807, 2.05) is 0 Å². The van der Waals surface area contributed by atoms with Gasteiger partial charge in [0.25, 0.3) is 11.8 Å². The van der Waals surface area contributed by atoms with Gasteiger partial charge < -0.3 is 20.5 Å². The Balaban J connectivity index is 1.17. The third-order valence-electron chi connectivity index (χ3n) is 6.02. The lowest BCUT2D eigenvalue weighted by Gasteiger charge is -2.26. The molecule has 0 spiro atoms. The molecular formula is C24H27ClN2O5S. The quantitative estimate of drug-likeness (QED) is 0.450. The zero-order valence-corrected chi connectivity index (χ0v) is 19.7. The van der Waals surface area contributed by atoms with E-state index in [0.717, 1.165) is 17.7 Å². The van der Waals surface area contributed by atoms with Gasteiger partial charge in [0, 0.05) is 23.5 Å². The van der Waals surface area contributed by atoms with E-state index in [0.29, 0.717) is 65.9 Å². The highest BCUT2D eigenvalue weighted by Crippen LogP contribution is 2.47. The van der Waals surface area contributed by atoms with Crippen LogP contribution in [0.3, 0.4) is 0 Å². The molecule has 0 saturated heterocycles. The number of hydrogen-bond donors (Lipinski definition) is 3. The molecule has 2 amide bonds. The van der Waals surface area contributed by atoms with E-state index in [9.17, 15) is 14.4 Å². The van der Waals surface area contributed by atoms with Crippen LogP contribution in [0.5, 0.6) is 5.75 Å². The molecule has 2 fully saturated rings. The molecule has 4 rings (SSSR count). The molecule has 2 aromatic rings. The lowest BCUT2D eigenvalue weighted by molar-refractivity contribution is -0.143. The zero-order valence-electron chi connectivity index (χ0n) is 18.1. The summed E-state index contributed by atoms with van der Waals surface area (Å²) in [6.45, 7) is 0.628. The van der Waals surface area contributed by atoms with Crippen molar-refractivity contribution in [2.24, 2.45) is 5.92 Å². The molecule has 1 aromatic heterocycles. The minimum atomic E-state index is -0.734. The van der Waals surface area contributed by atoms with E-state index in [-0.39, 0.29) is 23.8 Å². The number of aliphatic carboxylic acids is 1. The summed E-state index contributed by atoms with van der Waals surface area (Å²) in [4.78, 5) is 37.4. The fourth-order valence-electron chi connectivity index (χ4n) is 3.96. The van der Waals surface area contributed by atoms with Gasteiger partial charge in [-0.2, -0.15) is 0 Å². The van der Waals surface area contributed by atoms with E-state index < -0.39 is 5.97 Å². The van der Waals surface area contributed by atoms with Crippen molar-refractivity contribution in [3.63, 3.8) is 0 Å². The van der Waals surface area contributed by atoms with Crippen LogP contribution >= 0.6 is 22.9 Å². The van der Waals surface area contributed by atoms with Crippen molar-refractivity contribution in [2.45, 2.75) is 50.5 Å². The number of thiophene rings is 1.